The summed E-state index contributed by atoms with van der Waals surface area (Å²) < 4.78 is 10.2. The minimum Gasteiger partial charge on any atom is -0.494 e. The van der Waals surface area contributed by atoms with E-state index in [4.69, 9.17) is 32.7 Å². The molecule has 2 nitrogen and oxygen atoms in total. The predicted molar refractivity (Wildman–Crippen MR) is 95.1 cm³/mol. The van der Waals surface area contributed by atoms with Crippen LogP contribution in [0.15, 0.2) is 48.5 Å². The molecular formula is C19H20Cl2O2. The summed E-state index contributed by atoms with van der Waals surface area (Å²) >= 11 is 13.1. The van der Waals surface area contributed by atoms with E-state index in [-0.39, 0.29) is 11.8 Å². The number of rotatable bonds is 6. The van der Waals surface area contributed by atoms with E-state index in [1.165, 1.54) is 0 Å². The summed E-state index contributed by atoms with van der Waals surface area (Å²) in [5.41, 5.74) is 2.27. The molecule has 1 saturated carbocycles. The Bertz CT molecular complexity index is 593. The Labute approximate surface area is 147 Å². The monoisotopic (exact) mass is 350 g/mol. The molecule has 3 rings (SSSR count). The Morgan fingerprint density at radius 1 is 0.739 bits per heavy atom. The molecule has 0 aliphatic heterocycles. The fourth-order valence-corrected chi connectivity index (χ4v) is 3.91. The van der Waals surface area contributed by atoms with E-state index in [0.717, 1.165) is 22.6 Å². The normalized spacial score (nSPS) is 21.7. The molecule has 0 N–H and O–H groups in total. The molecule has 0 saturated heterocycles. The highest BCUT2D eigenvalue weighted by molar-refractivity contribution is 6.52. The van der Waals surface area contributed by atoms with Gasteiger partial charge >= 0.3 is 0 Å². The minimum absolute atomic E-state index is 0.0967. The molecule has 0 heterocycles. The minimum atomic E-state index is -0.764. The summed E-state index contributed by atoms with van der Waals surface area (Å²) in [5.74, 6) is 1.92. The Hall–Kier alpha value is -1.38. The van der Waals surface area contributed by atoms with E-state index in [1.54, 1.807) is 0 Å². The van der Waals surface area contributed by atoms with Gasteiger partial charge in [0, 0.05) is 11.8 Å². The third-order valence-corrected chi connectivity index (χ3v) is 5.09. The molecule has 0 amide bonds. The van der Waals surface area contributed by atoms with E-state index in [2.05, 4.69) is 0 Å². The molecule has 1 aliphatic rings. The van der Waals surface area contributed by atoms with E-state index < -0.39 is 4.33 Å². The highest BCUT2D eigenvalue weighted by Gasteiger charge is 2.64. The Morgan fingerprint density at radius 3 is 1.39 bits per heavy atom. The molecule has 1 fully saturated rings. The van der Waals surface area contributed by atoms with Crippen LogP contribution in [0.4, 0.5) is 0 Å². The molecule has 2 unspecified atom stereocenters. The molecule has 122 valence electrons. The number of hydrogen-bond donors (Lipinski definition) is 0. The van der Waals surface area contributed by atoms with Crippen LogP contribution in [0, 0.1) is 0 Å². The van der Waals surface area contributed by atoms with Crippen LogP contribution in [0.1, 0.15) is 36.8 Å². The topological polar surface area (TPSA) is 18.5 Å². The molecule has 4 heteroatoms. The maximum atomic E-state index is 6.55. The number of benzene rings is 2. The van der Waals surface area contributed by atoms with Crippen molar-refractivity contribution in [2.24, 2.45) is 0 Å². The maximum Gasteiger partial charge on any atom is 0.133 e. The van der Waals surface area contributed by atoms with Gasteiger partial charge in [-0.05, 0) is 49.2 Å². The van der Waals surface area contributed by atoms with Crippen LogP contribution in [0.3, 0.4) is 0 Å². The van der Waals surface area contributed by atoms with Crippen LogP contribution in [0.2, 0.25) is 0 Å². The Balaban J connectivity index is 1.78. The van der Waals surface area contributed by atoms with Crippen molar-refractivity contribution in [1.82, 2.24) is 0 Å². The third kappa shape index (κ3) is 3.29. The smallest absolute Gasteiger partial charge is 0.133 e. The first-order chi connectivity index (χ1) is 11.1. The first kappa shape index (κ1) is 16.5. The lowest BCUT2D eigenvalue weighted by Crippen LogP contribution is -1.93. The molecule has 2 atom stereocenters. The third-order valence-electron chi connectivity index (χ3n) is 4.15. The number of hydrogen-bond acceptors (Lipinski definition) is 2. The van der Waals surface area contributed by atoms with Gasteiger partial charge in [0.15, 0.2) is 0 Å². The zero-order valence-corrected chi connectivity index (χ0v) is 14.8. The van der Waals surface area contributed by atoms with Crippen LogP contribution >= 0.6 is 23.2 Å². The van der Waals surface area contributed by atoms with E-state index in [1.807, 2.05) is 62.4 Å². The summed E-state index contributed by atoms with van der Waals surface area (Å²) in [7, 11) is 0. The number of alkyl halides is 2. The van der Waals surface area contributed by atoms with Gasteiger partial charge in [0.1, 0.15) is 15.8 Å². The van der Waals surface area contributed by atoms with E-state index >= 15 is 0 Å². The van der Waals surface area contributed by atoms with Crippen molar-refractivity contribution in [2.75, 3.05) is 13.2 Å². The molecule has 0 spiro atoms. The molecule has 1 aliphatic carbocycles. The molecule has 2 aromatic rings. The maximum absolute atomic E-state index is 6.55. The van der Waals surface area contributed by atoms with Crippen molar-refractivity contribution < 1.29 is 9.47 Å². The average Bonchev–Trinajstić information content (AvgIpc) is 3.12. The quantitative estimate of drug-likeness (QED) is 0.636. The lowest BCUT2D eigenvalue weighted by molar-refractivity contribution is 0.340. The zero-order valence-electron chi connectivity index (χ0n) is 13.3. The highest BCUT2D eigenvalue weighted by atomic mass is 35.5. The lowest BCUT2D eigenvalue weighted by atomic mass is 10.0. The molecular weight excluding hydrogens is 331 g/mol. The standard InChI is InChI=1S/C19H20Cl2O2/c1-3-22-15-9-5-13(6-10-15)17-18(19(17,20)21)14-7-11-16(12-8-14)23-4-2/h5-12,17-18H,3-4H2,1-2H3. The summed E-state index contributed by atoms with van der Waals surface area (Å²) in [6.07, 6.45) is 0. The van der Waals surface area contributed by atoms with Crippen LogP contribution in [0.25, 0.3) is 0 Å². The summed E-state index contributed by atoms with van der Waals surface area (Å²) in [6.45, 7) is 5.26. The second kappa shape index (κ2) is 6.62. The Morgan fingerprint density at radius 2 is 1.09 bits per heavy atom. The van der Waals surface area contributed by atoms with Crippen LogP contribution < -0.4 is 9.47 Å². The summed E-state index contributed by atoms with van der Waals surface area (Å²) in [5, 5.41) is 0. The van der Waals surface area contributed by atoms with Crippen LogP contribution in [-0.2, 0) is 0 Å². The molecule has 0 bridgehead atoms. The van der Waals surface area contributed by atoms with Crippen molar-refractivity contribution >= 4 is 23.2 Å². The first-order valence-electron chi connectivity index (χ1n) is 7.91. The van der Waals surface area contributed by atoms with Gasteiger partial charge in [-0.1, -0.05) is 24.3 Å². The van der Waals surface area contributed by atoms with E-state index in [9.17, 15) is 0 Å². The van der Waals surface area contributed by atoms with Gasteiger partial charge in [0.25, 0.3) is 0 Å². The van der Waals surface area contributed by atoms with Gasteiger partial charge in [-0.25, -0.2) is 0 Å². The second-order valence-corrected chi connectivity index (χ2v) is 7.08. The van der Waals surface area contributed by atoms with Crippen LogP contribution in [0.5, 0.6) is 11.5 Å². The lowest BCUT2D eigenvalue weighted by Gasteiger charge is -2.05. The largest absolute Gasteiger partial charge is 0.494 e. The fourth-order valence-electron chi connectivity index (χ4n) is 3.03. The highest BCUT2D eigenvalue weighted by Crippen LogP contribution is 2.70. The van der Waals surface area contributed by atoms with Gasteiger partial charge in [-0.3, -0.25) is 0 Å². The van der Waals surface area contributed by atoms with Gasteiger partial charge in [0.2, 0.25) is 0 Å². The van der Waals surface area contributed by atoms with Gasteiger partial charge in [-0.15, -0.1) is 23.2 Å². The van der Waals surface area contributed by atoms with Gasteiger partial charge in [0.05, 0.1) is 13.2 Å². The Kier molecular flexibility index (Phi) is 4.74. The SMILES string of the molecule is CCOc1ccc(C2C(c3ccc(OCC)cc3)C2(Cl)Cl)cc1. The first-order valence-corrected chi connectivity index (χ1v) is 8.66. The molecule has 0 aromatic heterocycles. The summed E-state index contributed by atoms with van der Waals surface area (Å²) in [4.78, 5) is 0. The summed E-state index contributed by atoms with van der Waals surface area (Å²) in [6, 6.07) is 16.1. The van der Waals surface area contributed by atoms with Crippen LogP contribution in [-0.4, -0.2) is 17.5 Å². The predicted octanol–water partition coefficient (Wildman–Crippen LogP) is 5.54. The van der Waals surface area contributed by atoms with Gasteiger partial charge in [-0.2, -0.15) is 0 Å². The fraction of sp³-hybridized carbons (Fsp3) is 0.368. The molecule has 2 aromatic carbocycles. The molecule has 0 radical (unpaired) electrons. The average molecular weight is 351 g/mol. The van der Waals surface area contributed by atoms with Crippen molar-refractivity contribution in [2.45, 2.75) is 30.0 Å². The van der Waals surface area contributed by atoms with Gasteiger partial charge < -0.3 is 9.47 Å². The van der Waals surface area contributed by atoms with Crippen molar-refractivity contribution in [1.29, 1.82) is 0 Å². The number of halogens is 2. The zero-order chi connectivity index (χ0) is 16.4. The van der Waals surface area contributed by atoms with E-state index in [0.29, 0.717) is 13.2 Å². The number of ether oxygens (including phenoxy) is 2. The van der Waals surface area contributed by atoms with Crippen molar-refractivity contribution in [3.05, 3.63) is 59.7 Å². The van der Waals surface area contributed by atoms with Crippen molar-refractivity contribution in [3.8, 4) is 11.5 Å². The molecule has 23 heavy (non-hydrogen) atoms. The van der Waals surface area contributed by atoms with Crippen molar-refractivity contribution in [3.63, 3.8) is 0 Å². The second-order valence-electron chi connectivity index (χ2n) is 5.63.